The van der Waals surface area contributed by atoms with E-state index in [1.165, 1.54) is 4.90 Å². The molecule has 0 spiro atoms. The van der Waals surface area contributed by atoms with Crippen molar-refractivity contribution in [3.63, 3.8) is 0 Å². The summed E-state index contributed by atoms with van der Waals surface area (Å²) in [5, 5.41) is 7.14. The van der Waals surface area contributed by atoms with Gasteiger partial charge in [0, 0.05) is 17.5 Å². The van der Waals surface area contributed by atoms with E-state index in [0.717, 1.165) is 17.5 Å². The molecule has 7 nitrogen and oxygen atoms in total. The van der Waals surface area contributed by atoms with Crippen molar-refractivity contribution in [2.45, 2.75) is 37.8 Å². The molecule has 2 aromatic carbocycles. The Hall–Kier alpha value is -3.48. The minimum Gasteiger partial charge on any atom is -0.339 e. The second-order valence-corrected chi connectivity index (χ2v) is 7.90. The van der Waals surface area contributed by atoms with E-state index in [4.69, 9.17) is 4.52 Å². The van der Waals surface area contributed by atoms with Crippen LogP contribution in [0.2, 0.25) is 0 Å². The number of benzene rings is 2. The molecule has 3 unspecified atom stereocenters. The van der Waals surface area contributed by atoms with Gasteiger partial charge in [-0.15, -0.1) is 0 Å². The van der Waals surface area contributed by atoms with Gasteiger partial charge in [0.2, 0.25) is 17.6 Å². The average Bonchev–Trinajstić information content (AvgIpc) is 3.28. The number of rotatable bonds is 4. The molecule has 2 fully saturated rings. The minimum absolute atomic E-state index is 0.0324. The van der Waals surface area contributed by atoms with Gasteiger partial charge in [0.25, 0.3) is 0 Å². The van der Waals surface area contributed by atoms with Gasteiger partial charge in [0.05, 0.1) is 12.5 Å². The van der Waals surface area contributed by atoms with Crippen molar-refractivity contribution in [3.05, 3.63) is 72.1 Å². The number of hydrogen-bond donors (Lipinski definition) is 1. The van der Waals surface area contributed by atoms with Crippen LogP contribution in [-0.4, -0.2) is 33.0 Å². The first kappa shape index (κ1) is 18.5. The summed E-state index contributed by atoms with van der Waals surface area (Å²) in [7, 11) is 0. The lowest BCUT2D eigenvalue weighted by atomic mass is 9.76. The molecule has 0 radical (unpaired) electrons. The minimum atomic E-state index is -0.332. The van der Waals surface area contributed by atoms with Gasteiger partial charge in [0.1, 0.15) is 0 Å². The van der Waals surface area contributed by atoms with Gasteiger partial charge in [-0.3, -0.25) is 9.69 Å². The maximum atomic E-state index is 13.0. The second-order valence-electron chi connectivity index (χ2n) is 7.90. The third-order valence-corrected chi connectivity index (χ3v) is 5.99. The van der Waals surface area contributed by atoms with Crippen molar-refractivity contribution in [1.29, 1.82) is 0 Å². The molecule has 3 amide bonds. The summed E-state index contributed by atoms with van der Waals surface area (Å²) < 4.78 is 5.52. The maximum absolute atomic E-state index is 13.0. The Labute approximate surface area is 174 Å². The third kappa shape index (κ3) is 3.47. The fourth-order valence-electron chi connectivity index (χ4n) is 4.41. The smallest absolute Gasteiger partial charge is 0.324 e. The summed E-state index contributed by atoms with van der Waals surface area (Å²) in [5.74, 6) is 0.858. The van der Waals surface area contributed by atoms with Crippen LogP contribution in [0.15, 0.2) is 65.2 Å². The van der Waals surface area contributed by atoms with Crippen LogP contribution in [0.25, 0.3) is 11.4 Å². The predicted octanol–water partition coefficient (Wildman–Crippen LogP) is 3.74. The summed E-state index contributed by atoms with van der Waals surface area (Å²) in [5.41, 5.74) is 1.84. The topological polar surface area (TPSA) is 88.3 Å². The summed E-state index contributed by atoms with van der Waals surface area (Å²) >= 11 is 0. The van der Waals surface area contributed by atoms with Crippen LogP contribution in [0, 0.1) is 5.92 Å². The van der Waals surface area contributed by atoms with Crippen LogP contribution >= 0.6 is 0 Å². The number of carbonyl (C=O) groups excluding carboxylic acids is 2. The normalized spacial score (nSPS) is 23.7. The Kier molecular flexibility index (Phi) is 4.78. The van der Waals surface area contributed by atoms with Gasteiger partial charge in [-0.05, 0) is 24.8 Å². The van der Waals surface area contributed by atoms with E-state index in [1.807, 2.05) is 60.7 Å². The largest absolute Gasteiger partial charge is 0.339 e. The number of aromatic nitrogens is 2. The zero-order valence-electron chi connectivity index (χ0n) is 16.4. The molecule has 1 N–H and O–H groups in total. The number of urea groups is 1. The molecular weight excluding hydrogens is 380 g/mol. The summed E-state index contributed by atoms with van der Waals surface area (Å²) in [6.07, 6.45) is 2.08. The van der Waals surface area contributed by atoms with Gasteiger partial charge >= 0.3 is 6.03 Å². The average molecular weight is 402 g/mol. The van der Waals surface area contributed by atoms with E-state index in [1.54, 1.807) is 0 Å². The van der Waals surface area contributed by atoms with E-state index < -0.39 is 0 Å². The molecule has 7 heteroatoms. The van der Waals surface area contributed by atoms with Gasteiger partial charge in [-0.1, -0.05) is 65.8 Å². The molecule has 1 aliphatic heterocycles. The van der Waals surface area contributed by atoms with E-state index in [0.29, 0.717) is 31.1 Å². The number of imide groups is 1. The molecule has 3 aromatic rings. The third-order valence-electron chi connectivity index (χ3n) is 5.99. The van der Waals surface area contributed by atoms with Crippen molar-refractivity contribution >= 4 is 11.9 Å². The molecule has 1 saturated carbocycles. The highest BCUT2D eigenvalue weighted by atomic mass is 16.5. The fourth-order valence-corrected chi connectivity index (χ4v) is 4.41. The number of fused-ring (bicyclic) bond motifs is 1. The second kappa shape index (κ2) is 7.74. The summed E-state index contributed by atoms with van der Waals surface area (Å²) in [6, 6.07) is 18.7. The summed E-state index contributed by atoms with van der Waals surface area (Å²) in [4.78, 5) is 31.6. The van der Waals surface area contributed by atoms with Crippen LogP contribution < -0.4 is 5.32 Å². The lowest BCUT2D eigenvalue weighted by molar-refractivity contribution is -0.137. The molecule has 152 valence electrons. The Bertz CT molecular complexity index is 1050. The van der Waals surface area contributed by atoms with E-state index in [2.05, 4.69) is 15.5 Å². The van der Waals surface area contributed by atoms with Crippen LogP contribution in [0.3, 0.4) is 0 Å². The Morgan fingerprint density at radius 3 is 2.50 bits per heavy atom. The van der Waals surface area contributed by atoms with E-state index >= 15 is 0 Å². The Morgan fingerprint density at radius 1 is 1.00 bits per heavy atom. The van der Waals surface area contributed by atoms with Crippen molar-refractivity contribution in [3.8, 4) is 11.4 Å². The van der Waals surface area contributed by atoms with Gasteiger partial charge < -0.3 is 9.84 Å². The lowest BCUT2D eigenvalue weighted by Crippen LogP contribution is -2.60. The first-order valence-corrected chi connectivity index (χ1v) is 10.2. The lowest BCUT2D eigenvalue weighted by Gasteiger charge is -2.41. The monoisotopic (exact) mass is 402 g/mol. The number of carbonyl (C=O) groups is 2. The van der Waals surface area contributed by atoms with Crippen LogP contribution in [0.5, 0.6) is 0 Å². The SMILES string of the molecule is O=C1NC2CC(c3nc(-c4ccccc4)no3)CCC2C(=O)N1Cc1ccccc1. The molecule has 30 heavy (non-hydrogen) atoms. The standard InChI is InChI=1S/C23H22N4O3/c28-22-18-12-11-17(21-25-20(26-30-21)16-9-5-2-6-10-16)13-19(18)24-23(29)27(22)14-15-7-3-1-4-8-15/h1-10,17-19H,11-14H2,(H,24,29). The number of amides is 3. The zero-order valence-corrected chi connectivity index (χ0v) is 16.4. The maximum Gasteiger partial charge on any atom is 0.324 e. The van der Waals surface area contributed by atoms with Crippen LogP contribution in [0.1, 0.15) is 36.6 Å². The fraction of sp³-hybridized carbons (Fsp3) is 0.304. The van der Waals surface area contributed by atoms with Crippen LogP contribution in [-0.2, 0) is 11.3 Å². The highest BCUT2D eigenvalue weighted by Gasteiger charge is 2.45. The van der Waals surface area contributed by atoms with Crippen LogP contribution in [0.4, 0.5) is 4.79 Å². The van der Waals surface area contributed by atoms with Gasteiger partial charge in [-0.2, -0.15) is 4.98 Å². The number of nitrogens with zero attached hydrogens (tertiary/aromatic N) is 3. The van der Waals surface area contributed by atoms with Crippen molar-refractivity contribution in [1.82, 2.24) is 20.4 Å². The van der Waals surface area contributed by atoms with E-state index in [-0.39, 0.29) is 29.8 Å². The molecule has 2 heterocycles. The van der Waals surface area contributed by atoms with Gasteiger partial charge in [0.15, 0.2) is 0 Å². The van der Waals surface area contributed by atoms with E-state index in [9.17, 15) is 9.59 Å². The first-order chi connectivity index (χ1) is 14.7. The number of nitrogens with one attached hydrogen (secondary N) is 1. The summed E-state index contributed by atoms with van der Waals surface area (Å²) in [6.45, 7) is 0.294. The molecule has 0 bridgehead atoms. The molecule has 1 aromatic heterocycles. The molecule has 3 atom stereocenters. The van der Waals surface area contributed by atoms with Gasteiger partial charge in [-0.25, -0.2) is 4.79 Å². The van der Waals surface area contributed by atoms with Crippen molar-refractivity contribution < 1.29 is 14.1 Å². The highest BCUT2D eigenvalue weighted by molar-refractivity contribution is 5.98. The quantitative estimate of drug-likeness (QED) is 0.718. The number of hydrogen-bond acceptors (Lipinski definition) is 5. The molecule has 2 aliphatic rings. The zero-order chi connectivity index (χ0) is 20.5. The molecule has 1 aliphatic carbocycles. The van der Waals surface area contributed by atoms with Crippen molar-refractivity contribution in [2.24, 2.45) is 5.92 Å². The predicted molar refractivity (Wildman–Crippen MR) is 109 cm³/mol. The highest BCUT2D eigenvalue weighted by Crippen LogP contribution is 2.38. The first-order valence-electron chi connectivity index (χ1n) is 10.2. The van der Waals surface area contributed by atoms with Crippen molar-refractivity contribution in [2.75, 3.05) is 0 Å². The Balaban J connectivity index is 1.29. The Morgan fingerprint density at radius 2 is 1.73 bits per heavy atom. The molecular formula is C23H22N4O3. The molecule has 5 rings (SSSR count). The molecule has 1 saturated heterocycles.